The van der Waals surface area contributed by atoms with E-state index in [1.165, 1.54) is 12.1 Å². The number of hydrogen-bond donors (Lipinski definition) is 1. The lowest BCUT2D eigenvalue weighted by Gasteiger charge is -2.10. The molecule has 0 heterocycles. The number of rotatable bonds is 10. The predicted octanol–water partition coefficient (Wildman–Crippen LogP) is 2.68. The molecule has 0 aromatic heterocycles. The summed E-state index contributed by atoms with van der Waals surface area (Å²) in [5.41, 5.74) is 1.81. The maximum Gasteiger partial charge on any atom is 0.306 e. The Labute approximate surface area is 163 Å². The Morgan fingerprint density at radius 3 is 2.29 bits per heavy atom. The van der Waals surface area contributed by atoms with E-state index in [1.807, 2.05) is 12.1 Å². The highest BCUT2D eigenvalue weighted by Crippen LogP contribution is 2.27. The molecular formula is C21H24FNO5. The number of ether oxygens (including phenoxy) is 3. The molecule has 1 amide bonds. The number of esters is 1. The second-order valence-corrected chi connectivity index (χ2v) is 6.08. The second-order valence-electron chi connectivity index (χ2n) is 6.08. The molecule has 2 aromatic carbocycles. The van der Waals surface area contributed by atoms with Gasteiger partial charge in [0.1, 0.15) is 5.82 Å². The molecule has 0 fully saturated rings. The number of hydrogen-bond acceptors (Lipinski definition) is 5. The summed E-state index contributed by atoms with van der Waals surface area (Å²) in [6.07, 6.45) is 1.16. The average Bonchev–Trinajstić information content (AvgIpc) is 2.71. The molecule has 0 radical (unpaired) electrons. The van der Waals surface area contributed by atoms with E-state index in [0.717, 1.165) is 11.1 Å². The number of benzene rings is 2. The minimum absolute atomic E-state index is 0.130. The summed E-state index contributed by atoms with van der Waals surface area (Å²) in [5, 5.41) is 2.70. The number of methoxy groups -OCH3 is 2. The summed E-state index contributed by atoms with van der Waals surface area (Å²) in [6.45, 7) is 0.0790. The maximum atomic E-state index is 12.8. The van der Waals surface area contributed by atoms with Gasteiger partial charge in [-0.3, -0.25) is 9.59 Å². The van der Waals surface area contributed by atoms with Crippen molar-refractivity contribution < 1.29 is 28.2 Å². The van der Waals surface area contributed by atoms with Crippen LogP contribution >= 0.6 is 0 Å². The largest absolute Gasteiger partial charge is 0.493 e. The van der Waals surface area contributed by atoms with Crippen LogP contribution in [0, 0.1) is 5.82 Å². The van der Waals surface area contributed by atoms with Gasteiger partial charge in [-0.15, -0.1) is 0 Å². The van der Waals surface area contributed by atoms with Crippen molar-refractivity contribution in [1.29, 1.82) is 0 Å². The van der Waals surface area contributed by atoms with Gasteiger partial charge in [-0.1, -0.05) is 18.2 Å². The molecule has 0 spiro atoms. The third kappa shape index (κ3) is 6.90. The number of carbonyl (C=O) groups is 2. The van der Waals surface area contributed by atoms with E-state index in [4.69, 9.17) is 14.2 Å². The van der Waals surface area contributed by atoms with Crippen LogP contribution in [0.4, 0.5) is 4.39 Å². The van der Waals surface area contributed by atoms with Crippen LogP contribution in [0.5, 0.6) is 11.5 Å². The molecule has 150 valence electrons. The van der Waals surface area contributed by atoms with E-state index in [2.05, 4.69) is 5.32 Å². The third-order valence-corrected chi connectivity index (χ3v) is 4.08. The summed E-state index contributed by atoms with van der Waals surface area (Å²) in [5.74, 6) is 0.107. The zero-order valence-electron chi connectivity index (χ0n) is 16.0. The van der Waals surface area contributed by atoms with E-state index in [9.17, 15) is 14.0 Å². The lowest BCUT2D eigenvalue weighted by Crippen LogP contribution is -2.30. The third-order valence-electron chi connectivity index (χ3n) is 4.08. The first kappa shape index (κ1) is 21.2. The Bertz CT molecular complexity index is 792. The first-order valence-corrected chi connectivity index (χ1v) is 8.89. The SMILES string of the molecule is COc1ccc(CCNC(=O)COC(=O)CCc2ccc(F)cc2)cc1OC. The van der Waals surface area contributed by atoms with Crippen molar-refractivity contribution in [3.63, 3.8) is 0 Å². The van der Waals surface area contributed by atoms with Gasteiger partial charge >= 0.3 is 5.97 Å². The number of nitrogens with one attached hydrogen (secondary N) is 1. The Kier molecular flexibility index (Phi) is 8.27. The van der Waals surface area contributed by atoms with Crippen LogP contribution in [0.15, 0.2) is 42.5 Å². The van der Waals surface area contributed by atoms with Gasteiger partial charge < -0.3 is 19.5 Å². The molecule has 0 aliphatic heterocycles. The first-order valence-electron chi connectivity index (χ1n) is 8.89. The molecule has 2 aromatic rings. The Morgan fingerprint density at radius 2 is 1.61 bits per heavy atom. The topological polar surface area (TPSA) is 73.9 Å². The van der Waals surface area contributed by atoms with E-state index < -0.39 is 5.97 Å². The zero-order chi connectivity index (χ0) is 20.4. The second kappa shape index (κ2) is 10.9. The molecule has 28 heavy (non-hydrogen) atoms. The lowest BCUT2D eigenvalue weighted by molar-refractivity contribution is -0.148. The number of halogens is 1. The molecule has 0 bridgehead atoms. The van der Waals surface area contributed by atoms with Crippen LogP contribution in [0.2, 0.25) is 0 Å². The molecule has 0 aliphatic carbocycles. The van der Waals surface area contributed by atoms with Gasteiger partial charge in [-0.05, 0) is 48.2 Å². The standard InChI is InChI=1S/C21H24FNO5/c1-26-18-9-5-16(13-19(18)27-2)11-12-23-20(24)14-28-21(25)10-6-15-3-7-17(22)8-4-15/h3-5,7-9,13H,6,10-12,14H2,1-2H3,(H,23,24). The van der Waals surface area contributed by atoms with Gasteiger partial charge in [0, 0.05) is 13.0 Å². The summed E-state index contributed by atoms with van der Waals surface area (Å²) >= 11 is 0. The summed E-state index contributed by atoms with van der Waals surface area (Å²) < 4.78 is 28.2. The van der Waals surface area contributed by atoms with Crippen molar-refractivity contribution >= 4 is 11.9 Å². The predicted molar refractivity (Wildman–Crippen MR) is 102 cm³/mol. The van der Waals surface area contributed by atoms with Gasteiger partial charge in [-0.25, -0.2) is 4.39 Å². The summed E-state index contributed by atoms with van der Waals surface area (Å²) in [7, 11) is 3.13. The molecule has 0 saturated carbocycles. The van der Waals surface area contributed by atoms with E-state index in [-0.39, 0.29) is 24.8 Å². The smallest absolute Gasteiger partial charge is 0.306 e. The highest BCUT2D eigenvalue weighted by Gasteiger charge is 2.09. The number of carbonyl (C=O) groups excluding carboxylic acids is 2. The van der Waals surface area contributed by atoms with Crippen molar-refractivity contribution in [3.8, 4) is 11.5 Å². The fourth-order valence-corrected chi connectivity index (χ4v) is 2.55. The highest BCUT2D eigenvalue weighted by atomic mass is 19.1. The highest BCUT2D eigenvalue weighted by molar-refractivity contribution is 5.80. The van der Waals surface area contributed by atoms with Crippen molar-refractivity contribution in [1.82, 2.24) is 5.32 Å². The van der Waals surface area contributed by atoms with Gasteiger partial charge in [0.2, 0.25) is 0 Å². The molecule has 1 N–H and O–H groups in total. The Balaban J connectivity index is 1.65. The monoisotopic (exact) mass is 389 g/mol. The minimum Gasteiger partial charge on any atom is -0.493 e. The Hall–Kier alpha value is -3.09. The van der Waals surface area contributed by atoms with Crippen molar-refractivity contribution in [2.24, 2.45) is 0 Å². The van der Waals surface area contributed by atoms with Gasteiger partial charge in [0.05, 0.1) is 14.2 Å². The summed E-state index contributed by atoms with van der Waals surface area (Å²) in [4.78, 5) is 23.5. The van der Waals surface area contributed by atoms with Crippen LogP contribution in [-0.2, 0) is 27.2 Å². The molecular weight excluding hydrogens is 365 g/mol. The van der Waals surface area contributed by atoms with Crippen LogP contribution in [0.25, 0.3) is 0 Å². The van der Waals surface area contributed by atoms with Crippen LogP contribution in [0.1, 0.15) is 17.5 Å². The maximum absolute atomic E-state index is 12.8. The fraction of sp³-hybridized carbons (Fsp3) is 0.333. The summed E-state index contributed by atoms with van der Waals surface area (Å²) in [6, 6.07) is 11.5. The van der Waals surface area contributed by atoms with Crippen LogP contribution < -0.4 is 14.8 Å². The Morgan fingerprint density at radius 1 is 0.929 bits per heavy atom. The fourth-order valence-electron chi connectivity index (χ4n) is 2.55. The molecule has 6 nitrogen and oxygen atoms in total. The average molecular weight is 389 g/mol. The van der Waals surface area contributed by atoms with Crippen molar-refractivity contribution in [2.75, 3.05) is 27.4 Å². The number of amides is 1. The first-order chi connectivity index (χ1) is 13.5. The molecule has 0 atom stereocenters. The molecule has 0 aliphatic rings. The molecule has 7 heteroatoms. The van der Waals surface area contributed by atoms with Gasteiger partial charge in [0.15, 0.2) is 18.1 Å². The van der Waals surface area contributed by atoms with Gasteiger partial charge in [0.25, 0.3) is 5.91 Å². The van der Waals surface area contributed by atoms with Crippen LogP contribution in [0.3, 0.4) is 0 Å². The molecule has 0 unspecified atom stereocenters. The van der Waals surface area contributed by atoms with E-state index >= 15 is 0 Å². The normalized spacial score (nSPS) is 10.2. The zero-order valence-corrected chi connectivity index (χ0v) is 16.0. The molecule has 0 saturated heterocycles. The van der Waals surface area contributed by atoms with E-state index in [0.29, 0.717) is 30.9 Å². The quantitative estimate of drug-likeness (QED) is 0.633. The van der Waals surface area contributed by atoms with Crippen molar-refractivity contribution in [3.05, 3.63) is 59.4 Å². The minimum atomic E-state index is -0.473. The lowest BCUT2D eigenvalue weighted by atomic mass is 10.1. The van der Waals surface area contributed by atoms with Gasteiger partial charge in [-0.2, -0.15) is 0 Å². The molecule has 2 rings (SSSR count). The van der Waals surface area contributed by atoms with Crippen molar-refractivity contribution in [2.45, 2.75) is 19.3 Å². The number of aryl methyl sites for hydroxylation is 1. The van der Waals surface area contributed by atoms with E-state index in [1.54, 1.807) is 32.4 Å². The van der Waals surface area contributed by atoms with Crippen LogP contribution in [-0.4, -0.2) is 39.2 Å².